The van der Waals surface area contributed by atoms with Crippen molar-refractivity contribution in [2.24, 2.45) is 0 Å². The zero-order valence-corrected chi connectivity index (χ0v) is 16.1. The molecule has 2 heterocycles. The smallest absolute Gasteiger partial charge is 0.188 e. The van der Waals surface area contributed by atoms with Gasteiger partial charge in [0.25, 0.3) is 0 Å². The van der Waals surface area contributed by atoms with E-state index >= 15 is 0 Å². The Hall–Kier alpha value is -2.15. The number of rotatable bonds is 5. The second kappa shape index (κ2) is 8.07. The van der Waals surface area contributed by atoms with Gasteiger partial charge in [-0.05, 0) is 43.2 Å². The summed E-state index contributed by atoms with van der Waals surface area (Å²) < 4.78 is 45.7. The van der Waals surface area contributed by atoms with Crippen molar-refractivity contribution in [1.29, 1.82) is 0 Å². The lowest BCUT2D eigenvalue weighted by atomic mass is 9.96. The van der Waals surface area contributed by atoms with Crippen LogP contribution in [0.25, 0.3) is 16.6 Å². The minimum Gasteiger partial charge on any atom is -0.467 e. The van der Waals surface area contributed by atoms with Gasteiger partial charge in [0.1, 0.15) is 5.75 Å². The van der Waals surface area contributed by atoms with Gasteiger partial charge < -0.3 is 18.8 Å². The van der Waals surface area contributed by atoms with Gasteiger partial charge in [-0.25, -0.2) is 8.78 Å². The van der Waals surface area contributed by atoms with Crippen LogP contribution in [0.1, 0.15) is 24.5 Å². The number of hydrogen-bond donors (Lipinski definition) is 0. The molecule has 0 amide bonds. The molecule has 0 atom stereocenters. The Morgan fingerprint density at radius 2 is 1.89 bits per heavy atom. The van der Waals surface area contributed by atoms with E-state index in [-0.39, 0.29) is 12.7 Å². The van der Waals surface area contributed by atoms with Gasteiger partial charge in [0.2, 0.25) is 0 Å². The van der Waals surface area contributed by atoms with Crippen LogP contribution in [0.2, 0.25) is 5.02 Å². The Morgan fingerprint density at radius 1 is 1.11 bits per heavy atom. The van der Waals surface area contributed by atoms with Crippen LogP contribution in [0.4, 0.5) is 8.78 Å². The van der Waals surface area contributed by atoms with Gasteiger partial charge in [0.15, 0.2) is 18.4 Å². The fourth-order valence-electron chi connectivity index (χ4n) is 3.71. The van der Waals surface area contributed by atoms with Crippen molar-refractivity contribution in [3.8, 4) is 11.4 Å². The fraction of sp³-hybridized carbons (Fsp3) is 0.333. The van der Waals surface area contributed by atoms with E-state index < -0.39 is 11.6 Å². The van der Waals surface area contributed by atoms with Crippen LogP contribution in [-0.2, 0) is 9.47 Å². The van der Waals surface area contributed by atoms with Crippen molar-refractivity contribution in [2.45, 2.75) is 18.8 Å². The van der Waals surface area contributed by atoms with Crippen molar-refractivity contribution in [1.82, 2.24) is 4.57 Å². The van der Waals surface area contributed by atoms with Gasteiger partial charge in [0.05, 0.1) is 5.52 Å². The Bertz CT molecular complexity index is 999. The van der Waals surface area contributed by atoms with E-state index in [9.17, 15) is 8.78 Å². The standard InChI is InChI=1S/C21H20ClF2NO3/c1-26-12-28-21-9-14(22)8-20-16(21)11-19(13-4-6-27-7-5-13)25(20)15-2-3-17(23)18(24)10-15/h2-3,8-11,13H,4-7,12H2,1H3. The largest absolute Gasteiger partial charge is 0.467 e. The number of ether oxygens (including phenoxy) is 3. The molecule has 148 valence electrons. The molecule has 2 aromatic carbocycles. The van der Waals surface area contributed by atoms with Crippen LogP contribution in [0.3, 0.4) is 0 Å². The van der Waals surface area contributed by atoms with Crippen LogP contribution in [0.5, 0.6) is 5.75 Å². The second-order valence-electron chi connectivity index (χ2n) is 6.78. The van der Waals surface area contributed by atoms with E-state index in [2.05, 4.69) is 0 Å². The van der Waals surface area contributed by atoms with Gasteiger partial charge in [0, 0.05) is 54.1 Å². The Kier molecular flexibility index (Phi) is 5.53. The first-order valence-electron chi connectivity index (χ1n) is 9.08. The number of aromatic nitrogens is 1. The van der Waals surface area contributed by atoms with Crippen molar-refractivity contribution in [3.63, 3.8) is 0 Å². The van der Waals surface area contributed by atoms with Crippen molar-refractivity contribution < 1.29 is 23.0 Å². The minimum absolute atomic E-state index is 0.0817. The number of fused-ring (bicyclic) bond motifs is 1. The third kappa shape index (κ3) is 3.60. The molecule has 0 saturated carbocycles. The molecule has 4 rings (SSSR count). The predicted octanol–water partition coefficient (Wildman–Crippen LogP) is 5.44. The monoisotopic (exact) mass is 407 g/mol. The first-order chi connectivity index (χ1) is 13.6. The lowest BCUT2D eigenvalue weighted by Gasteiger charge is -2.24. The molecule has 1 fully saturated rings. The van der Waals surface area contributed by atoms with E-state index in [1.54, 1.807) is 25.3 Å². The van der Waals surface area contributed by atoms with Gasteiger partial charge in [-0.15, -0.1) is 0 Å². The number of hydrogen-bond acceptors (Lipinski definition) is 3. The molecule has 1 aliphatic rings. The third-order valence-corrected chi connectivity index (χ3v) is 5.23. The van der Waals surface area contributed by atoms with E-state index in [4.69, 9.17) is 25.8 Å². The van der Waals surface area contributed by atoms with E-state index in [1.807, 2.05) is 10.6 Å². The highest BCUT2D eigenvalue weighted by molar-refractivity contribution is 6.31. The van der Waals surface area contributed by atoms with E-state index in [0.29, 0.717) is 29.7 Å². The first-order valence-corrected chi connectivity index (χ1v) is 9.46. The summed E-state index contributed by atoms with van der Waals surface area (Å²) in [4.78, 5) is 0. The maximum absolute atomic E-state index is 14.0. The maximum Gasteiger partial charge on any atom is 0.188 e. The highest BCUT2D eigenvalue weighted by Crippen LogP contribution is 2.39. The molecule has 0 aliphatic carbocycles. The van der Waals surface area contributed by atoms with Crippen LogP contribution < -0.4 is 4.74 Å². The van der Waals surface area contributed by atoms with Gasteiger partial charge in [-0.2, -0.15) is 0 Å². The molecular formula is C21H20ClF2NO3. The van der Waals surface area contributed by atoms with Gasteiger partial charge in [-0.3, -0.25) is 0 Å². The number of halogens is 3. The van der Waals surface area contributed by atoms with Crippen LogP contribution in [-0.4, -0.2) is 31.7 Å². The van der Waals surface area contributed by atoms with Crippen molar-refractivity contribution in [2.75, 3.05) is 27.1 Å². The van der Waals surface area contributed by atoms with Crippen LogP contribution in [0, 0.1) is 11.6 Å². The summed E-state index contributed by atoms with van der Waals surface area (Å²) in [5.74, 6) is -0.965. The summed E-state index contributed by atoms with van der Waals surface area (Å²) in [6.45, 7) is 1.41. The van der Waals surface area contributed by atoms with Crippen LogP contribution in [0.15, 0.2) is 36.4 Å². The summed E-state index contributed by atoms with van der Waals surface area (Å²) in [6, 6.07) is 9.48. The topological polar surface area (TPSA) is 32.6 Å². The average Bonchev–Trinajstić information content (AvgIpc) is 3.08. The molecule has 28 heavy (non-hydrogen) atoms. The Labute approximate surface area is 166 Å². The molecule has 0 N–H and O–H groups in total. The Morgan fingerprint density at radius 3 is 2.61 bits per heavy atom. The second-order valence-corrected chi connectivity index (χ2v) is 7.21. The molecule has 3 aromatic rings. The molecule has 0 spiro atoms. The molecule has 0 unspecified atom stereocenters. The maximum atomic E-state index is 14.0. The molecule has 1 aliphatic heterocycles. The van der Waals surface area contributed by atoms with Gasteiger partial charge >= 0.3 is 0 Å². The molecule has 0 radical (unpaired) electrons. The summed E-state index contributed by atoms with van der Waals surface area (Å²) in [5, 5.41) is 1.33. The summed E-state index contributed by atoms with van der Waals surface area (Å²) in [5.41, 5.74) is 2.30. The number of methoxy groups -OCH3 is 1. The molecule has 1 aromatic heterocycles. The first kappa shape index (κ1) is 19.2. The third-order valence-electron chi connectivity index (χ3n) is 5.01. The SMILES string of the molecule is COCOc1cc(Cl)cc2c1cc(C1CCOCC1)n2-c1ccc(F)c(F)c1. The fourth-order valence-corrected chi connectivity index (χ4v) is 3.91. The zero-order valence-electron chi connectivity index (χ0n) is 15.4. The minimum atomic E-state index is -0.893. The van der Waals surface area contributed by atoms with Gasteiger partial charge in [-0.1, -0.05) is 11.6 Å². The van der Waals surface area contributed by atoms with Crippen molar-refractivity contribution in [3.05, 3.63) is 58.7 Å². The average molecular weight is 408 g/mol. The highest BCUT2D eigenvalue weighted by atomic mass is 35.5. The summed E-state index contributed by atoms with van der Waals surface area (Å²) in [7, 11) is 1.54. The lowest BCUT2D eigenvalue weighted by molar-refractivity contribution is 0.0522. The molecule has 7 heteroatoms. The quantitative estimate of drug-likeness (QED) is 0.528. The van der Waals surface area contributed by atoms with E-state index in [1.165, 1.54) is 6.07 Å². The number of nitrogens with zero attached hydrogens (tertiary/aromatic N) is 1. The molecule has 0 bridgehead atoms. The van der Waals surface area contributed by atoms with Crippen molar-refractivity contribution >= 4 is 22.5 Å². The molecule has 4 nitrogen and oxygen atoms in total. The number of benzene rings is 2. The predicted molar refractivity (Wildman–Crippen MR) is 103 cm³/mol. The van der Waals surface area contributed by atoms with Crippen LogP contribution >= 0.6 is 11.6 Å². The highest BCUT2D eigenvalue weighted by Gasteiger charge is 2.24. The molecule has 1 saturated heterocycles. The summed E-state index contributed by atoms with van der Waals surface area (Å²) in [6.07, 6.45) is 1.70. The molecular weight excluding hydrogens is 388 g/mol. The summed E-state index contributed by atoms with van der Waals surface area (Å²) >= 11 is 6.33. The van der Waals surface area contributed by atoms with E-state index in [0.717, 1.165) is 35.5 Å². The Balaban J connectivity index is 1.95. The lowest BCUT2D eigenvalue weighted by Crippen LogP contribution is -2.16. The zero-order chi connectivity index (χ0) is 19.7. The normalized spacial score (nSPS) is 15.3.